The zero-order valence-corrected chi connectivity index (χ0v) is 12.6. The summed E-state index contributed by atoms with van der Waals surface area (Å²) in [6.45, 7) is 2.68. The predicted molar refractivity (Wildman–Crippen MR) is 88.7 cm³/mol. The van der Waals surface area contributed by atoms with Crippen LogP contribution in [0.1, 0.15) is 24.5 Å². The molecule has 0 heterocycles. The highest BCUT2D eigenvalue weighted by Crippen LogP contribution is 2.11. The number of hydrogen-bond donors (Lipinski definition) is 2. The molecule has 22 heavy (non-hydrogen) atoms. The second-order valence-corrected chi connectivity index (χ2v) is 4.97. The Hall–Kier alpha value is -2.80. The van der Waals surface area contributed by atoms with Crippen molar-refractivity contribution in [3.05, 3.63) is 59.7 Å². The van der Waals surface area contributed by atoms with Crippen molar-refractivity contribution in [2.24, 2.45) is 0 Å². The van der Waals surface area contributed by atoms with Crippen LogP contribution in [0.4, 0.5) is 11.4 Å². The predicted octanol–water partition coefficient (Wildman–Crippen LogP) is 3.56. The van der Waals surface area contributed by atoms with Gasteiger partial charge in [0, 0.05) is 24.3 Å². The van der Waals surface area contributed by atoms with Gasteiger partial charge in [-0.25, -0.2) is 0 Å². The van der Waals surface area contributed by atoms with Crippen molar-refractivity contribution in [1.29, 1.82) is 5.26 Å². The van der Waals surface area contributed by atoms with Crippen LogP contribution < -0.4 is 10.6 Å². The lowest BCUT2D eigenvalue weighted by atomic mass is 10.1. The molecule has 2 N–H and O–H groups in total. The summed E-state index contributed by atoms with van der Waals surface area (Å²) in [6, 6.07) is 17.1. The maximum atomic E-state index is 11.9. The number of rotatable bonds is 6. The first-order valence-corrected chi connectivity index (χ1v) is 7.34. The normalized spacial score (nSPS) is 9.82. The number of carbonyl (C=O) groups excluding carboxylic acids is 1. The van der Waals surface area contributed by atoms with Gasteiger partial charge < -0.3 is 10.6 Å². The Morgan fingerprint density at radius 3 is 2.59 bits per heavy atom. The molecule has 0 saturated carbocycles. The van der Waals surface area contributed by atoms with E-state index in [0.717, 1.165) is 12.1 Å². The fourth-order valence-electron chi connectivity index (χ4n) is 2.07. The Morgan fingerprint density at radius 2 is 1.91 bits per heavy atom. The molecule has 2 rings (SSSR count). The van der Waals surface area contributed by atoms with Gasteiger partial charge in [0.2, 0.25) is 5.91 Å². The Kier molecular flexibility index (Phi) is 5.56. The van der Waals surface area contributed by atoms with Crippen molar-refractivity contribution in [1.82, 2.24) is 0 Å². The van der Waals surface area contributed by atoms with Crippen molar-refractivity contribution < 1.29 is 4.79 Å². The van der Waals surface area contributed by atoms with Gasteiger partial charge in [-0.15, -0.1) is 0 Å². The monoisotopic (exact) mass is 293 g/mol. The minimum Gasteiger partial charge on any atom is -0.385 e. The van der Waals surface area contributed by atoms with Crippen LogP contribution in [0, 0.1) is 11.3 Å². The van der Waals surface area contributed by atoms with E-state index >= 15 is 0 Å². The summed E-state index contributed by atoms with van der Waals surface area (Å²) in [4.78, 5) is 11.9. The third-order valence-electron chi connectivity index (χ3n) is 3.32. The second kappa shape index (κ2) is 7.84. The molecular formula is C18H19N3O. The van der Waals surface area contributed by atoms with Gasteiger partial charge >= 0.3 is 0 Å². The average Bonchev–Trinajstić information content (AvgIpc) is 2.55. The molecule has 4 heteroatoms. The third-order valence-corrected chi connectivity index (χ3v) is 3.32. The molecule has 0 saturated heterocycles. The zero-order valence-electron chi connectivity index (χ0n) is 12.6. The molecule has 0 aliphatic rings. The molecule has 112 valence electrons. The first kappa shape index (κ1) is 15.6. The van der Waals surface area contributed by atoms with Gasteiger partial charge in [-0.1, -0.05) is 25.1 Å². The number of hydrogen-bond acceptors (Lipinski definition) is 3. The van der Waals surface area contributed by atoms with Gasteiger partial charge in [0.1, 0.15) is 0 Å². The highest BCUT2D eigenvalue weighted by molar-refractivity contribution is 5.91. The van der Waals surface area contributed by atoms with Crippen molar-refractivity contribution in [2.75, 3.05) is 17.2 Å². The van der Waals surface area contributed by atoms with Crippen LogP contribution in [-0.4, -0.2) is 12.5 Å². The van der Waals surface area contributed by atoms with Crippen LogP contribution in [0.2, 0.25) is 0 Å². The largest absolute Gasteiger partial charge is 0.385 e. The lowest BCUT2D eigenvalue weighted by molar-refractivity contribution is -0.115. The lowest BCUT2D eigenvalue weighted by Gasteiger charge is -2.08. The Bertz CT molecular complexity index is 671. The standard InChI is InChI=1S/C18H19N3O/c1-2-14-6-8-16(9-7-14)20-11-10-18(22)21-17-5-3-4-15(12-17)13-19/h3-9,12,20H,2,10-11H2,1H3,(H,21,22). The van der Waals surface area contributed by atoms with E-state index in [4.69, 9.17) is 5.26 Å². The second-order valence-electron chi connectivity index (χ2n) is 4.97. The number of carbonyl (C=O) groups is 1. The molecule has 0 bridgehead atoms. The maximum absolute atomic E-state index is 11.9. The molecule has 0 aliphatic heterocycles. The maximum Gasteiger partial charge on any atom is 0.226 e. The summed E-state index contributed by atoms with van der Waals surface area (Å²) < 4.78 is 0. The molecule has 0 aromatic heterocycles. The first-order valence-electron chi connectivity index (χ1n) is 7.34. The molecule has 1 amide bonds. The van der Waals surface area contributed by atoms with E-state index in [9.17, 15) is 4.79 Å². The zero-order chi connectivity index (χ0) is 15.8. The lowest BCUT2D eigenvalue weighted by Crippen LogP contribution is -2.16. The molecule has 4 nitrogen and oxygen atoms in total. The minimum absolute atomic E-state index is 0.0761. The third kappa shape index (κ3) is 4.64. The van der Waals surface area contributed by atoms with Crippen LogP contribution >= 0.6 is 0 Å². The number of amides is 1. The summed E-state index contributed by atoms with van der Waals surface area (Å²) in [5.41, 5.74) is 3.49. The van der Waals surface area contributed by atoms with Gasteiger partial charge in [-0.2, -0.15) is 5.26 Å². The van der Waals surface area contributed by atoms with E-state index in [1.54, 1.807) is 24.3 Å². The Labute approximate surface area is 130 Å². The highest BCUT2D eigenvalue weighted by atomic mass is 16.1. The van der Waals surface area contributed by atoms with Crippen LogP contribution in [-0.2, 0) is 11.2 Å². The Morgan fingerprint density at radius 1 is 1.14 bits per heavy atom. The SMILES string of the molecule is CCc1ccc(NCCC(=O)Nc2cccc(C#N)c2)cc1. The molecule has 0 aliphatic carbocycles. The number of nitriles is 1. The fraction of sp³-hybridized carbons (Fsp3) is 0.222. The number of nitrogens with one attached hydrogen (secondary N) is 2. The number of benzene rings is 2. The van der Waals surface area contributed by atoms with E-state index in [1.807, 2.05) is 12.1 Å². The highest BCUT2D eigenvalue weighted by Gasteiger charge is 2.03. The number of nitrogens with zero attached hydrogens (tertiary/aromatic N) is 1. The van der Waals surface area contributed by atoms with Crippen molar-refractivity contribution >= 4 is 17.3 Å². The van der Waals surface area contributed by atoms with E-state index in [2.05, 4.69) is 35.8 Å². The molecule has 2 aromatic rings. The summed E-state index contributed by atoms with van der Waals surface area (Å²) in [5.74, 6) is -0.0761. The fourth-order valence-corrected chi connectivity index (χ4v) is 2.07. The van der Waals surface area contributed by atoms with E-state index in [1.165, 1.54) is 5.56 Å². The summed E-state index contributed by atoms with van der Waals surface area (Å²) in [7, 11) is 0. The van der Waals surface area contributed by atoms with E-state index in [0.29, 0.717) is 24.2 Å². The quantitative estimate of drug-likeness (QED) is 0.856. The van der Waals surface area contributed by atoms with Crippen LogP contribution in [0.5, 0.6) is 0 Å². The topological polar surface area (TPSA) is 64.9 Å². The van der Waals surface area contributed by atoms with E-state index < -0.39 is 0 Å². The smallest absolute Gasteiger partial charge is 0.226 e. The van der Waals surface area contributed by atoms with Crippen LogP contribution in [0.25, 0.3) is 0 Å². The average molecular weight is 293 g/mol. The molecule has 0 unspecified atom stereocenters. The van der Waals surface area contributed by atoms with Gasteiger partial charge in [0.15, 0.2) is 0 Å². The van der Waals surface area contributed by atoms with Crippen LogP contribution in [0.15, 0.2) is 48.5 Å². The van der Waals surface area contributed by atoms with Crippen LogP contribution in [0.3, 0.4) is 0 Å². The first-order chi connectivity index (χ1) is 10.7. The molecule has 0 atom stereocenters. The molecule has 0 fully saturated rings. The van der Waals surface area contributed by atoms with Gasteiger partial charge in [0.05, 0.1) is 11.6 Å². The van der Waals surface area contributed by atoms with Gasteiger partial charge in [-0.3, -0.25) is 4.79 Å². The molecule has 0 radical (unpaired) electrons. The molecule has 0 spiro atoms. The summed E-state index contributed by atoms with van der Waals surface area (Å²) >= 11 is 0. The minimum atomic E-state index is -0.0761. The summed E-state index contributed by atoms with van der Waals surface area (Å²) in [5, 5.41) is 14.8. The van der Waals surface area contributed by atoms with Gasteiger partial charge in [0.25, 0.3) is 0 Å². The molecular weight excluding hydrogens is 274 g/mol. The van der Waals surface area contributed by atoms with Crippen molar-refractivity contribution in [3.8, 4) is 6.07 Å². The van der Waals surface area contributed by atoms with Crippen molar-refractivity contribution in [3.63, 3.8) is 0 Å². The van der Waals surface area contributed by atoms with Crippen molar-refractivity contribution in [2.45, 2.75) is 19.8 Å². The van der Waals surface area contributed by atoms with E-state index in [-0.39, 0.29) is 5.91 Å². The summed E-state index contributed by atoms with van der Waals surface area (Å²) in [6.07, 6.45) is 1.39. The molecule has 2 aromatic carbocycles. The number of anilines is 2. The van der Waals surface area contributed by atoms with Gasteiger partial charge in [-0.05, 0) is 42.3 Å². The number of aryl methyl sites for hydroxylation is 1. The Balaban J connectivity index is 1.78.